The van der Waals surface area contributed by atoms with Crippen molar-refractivity contribution in [3.8, 4) is 0 Å². The molecule has 60 valence electrons. The number of nitrogen functional groups attached to an aromatic ring is 3. The van der Waals surface area contributed by atoms with Gasteiger partial charge in [0.05, 0.1) is 0 Å². The summed E-state index contributed by atoms with van der Waals surface area (Å²) in [5.41, 5.74) is 20.8. The highest BCUT2D eigenvalue weighted by molar-refractivity contribution is 5.73. The van der Waals surface area contributed by atoms with E-state index in [-0.39, 0.29) is 0 Å². The van der Waals surface area contributed by atoms with Crippen LogP contribution in [0.3, 0.4) is 0 Å². The lowest BCUT2D eigenvalue weighted by molar-refractivity contribution is 1.39. The average Bonchev–Trinajstić information content (AvgIpc) is 1.97. The monoisotopic (exact) mass is 151 g/mol. The Bertz CT molecular complexity index is 266. The van der Waals surface area contributed by atoms with Gasteiger partial charge in [-0.25, -0.2) is 0 Å². The summed E-state index contributed by atoms with van der Waals surface area (Å²) in [6.45, 7) is 3.77. The third-order valence-electron chi connectivity index (χ3n) is 1.99. The lowest BCUT2D eigenvalue weighted by Gasteiger charge is -2.09. The highest BCUT2D eigenvalue weighted by atomic mass is 14.7. The summed E-state index contributed by atoms with van der Waals surface area (Å²) >= 11 is 0. The second-order valence-corrected chi connectivity index (χ2v) is 2.72. The first kappa shape index (κ1) is 7.72. The quantitative estimate of drug-likeness (QED) is 0.485. The molecule has 0 amide bonds. The van der Waals surface area contributed by atoms with Crippen molar-refractivity contribution in [3.05, 3.63) is 17.2 Å². The molecule has 3 nitrogen and oxygen atoms in total. The summed E-state index contributed by atoms with van der Waals surface area (Å²) in [4.78, 5) is 0. The largest absolute Gasteiger partial charge is 0.398 e. The summed E-state index contributed by atoms with van der Waals surface area (Å²) in [5.74, 6) is 0. The van der Waals surface area contributed by atoms with Crippen LogP contribution in [0.25, 0.3) is 0 Å². The minimum atomic E-state index is 0.658. The van der Waals surface area contributed by atoms with Gasteiger partial charge < -0.3 is 17.2 Å². The van der Waals surface area contributed by atoms with Crippen LogP contribution in [0.15, 0.2) is 6.07 Å². The van der Waals surface area contributed by atoms with Crippen LogP contribution in [0.1, 0.15) is 11.1 Å². The molecule has 3 heteroatoms. The topological polar surface area (TPSA) is 78.1 Å². The third-order valence-corrected chi connectivity index (χ3v) is 1.99. The molecule has 0 saturated heterocycles. The van der Waals surface area contributed by atoms with Gasteiger partial charge in [0.1, 0.15) is 0 Å². The maximum atomic E-state index is 5.72. The SMILES string of the molecule is Cc1c(N)cc(N)c(C)c1N. The molecular weight excluding hydrogens is 138 g/mol. The lowest BCUT2D eigenvalue weighted by atomic mass is 10.1. The molecule has 1 rings (SSSR count). The van der Waals surface area contributed by atoms with Crippen LogP contribution in [0.4, 0.5) is 17.1 Å². The summed E-state index contributed by atoms with van der Waals surface area (Å²) < 4.78 is 0. The number of benzene rings is 1. The molecule has 0 aromatic heterocycles. The second kappa shape index (κ2) is 2.34. The van der Waals surface area contributed by atoms with Gasteiger partial charge in [-0.15, -0.1) is 0 Å². The second-order valence-electron chi connectivity index (χ2n) is 2.72. The molecule has 0 radical (unpaired) electrons. The van der Waals surface area contributed by atoms with Gasteiger partial charge >= 0.3 is 0 Å². The predicted octanol–water partition coefficient (Wildman–Crippen LogP) is 1.05. The molecule has 0 aliphatic rings. The van der Waals surface area contributed by atoms with Crippen molar-refractivity contribution in [1.29, 1.82) is 0 Å². The van der Waals surface area contributed by atoms with E-state index in [1.54, 1.807) is 6.07 Å². The highest BCUT2D eigenvalue weighted by Gasteiger charge is 2.04. The molecule has 0 bridgehead atoms. The standard InChI is InChI=1S/C8H13N3/c1-4-6(9)3-7(10)5(2)8(4)11/h3H,9-11H2,1-2H3. The summed E-state index contributed by atoms with van der Waals surface area (Å²) in [7, 11) is 0. The van der Waals surface area contributed by atoms with Crippen LogP contribution < -0.4 is 17.2 Å². The van der Waals surface area contributed by atoms with Crippen molar-refractivity contribution in [2.24, 2.45) is 0 Å². The molecule has 0 spiro atoms. The maximum absolute atomic E-state index is 5.72. The Balaban J connectivity index is 3.46. The molecule has 0 unspecified atom stereocenters. The van der Waals surface area contributed by atoms with E-state index in [9.17, 15) is 0 Å². The van der Waals surface area contributed by atoms with Crippen molar-refractivity contribution < 1.29 is 0 Å². The van der Waals surface area contributed by atoms with Gasteiger partial charge in [-0.3, -0.25) is 0 Å². The first-order chi connectivity index (χ1) is 5.04. The molecule has 0 aliphatic heterocycles. The van der Waals surface area contributed by atoms with E-state index in [1.165, 1.54) is 0 Å². The fourth-order valence-electron chi connectivity index (χ4n) is 0.976. The van der Waals surface area contributed by atoms with Gasteiger partial charge in [0.2, 0.25) is 0 Å². The van der Waals surface area contributed by atoms with Crippen molar-refractivity contribution in [2.75, 3.05) is 17.2 Å². The van der Waals surface area contributed by atoms with Crippen LogP contribution in [-0.2, 0) is 0 Å². The molecule has 0 fully saturated rings. The van der Waals surface area contributed by atoms with Crippen molar-refractivity contribution >= 4 is 17.1 Å². The fraction of sp³-hybridized carbons (Fsp3) is 0.250. The van der Waals surface area contributed by atoms with Gasteiger partial charge in [-0.2, -0.15) is 0 Å². The van der Waals surface area contributed by atoms with Crippen molar-refractivity contribution in [1.82, 2.24) is 0 Å². The van der Waals surface area contributed by atoms with Gasteiger partial charge in [-0.1, -0.05) is 0 Å². The Morgan fingerprint density at radius 3 is 1.64 bits per heavy atom. The minimum Gasteiger partial charge on any atom is -0.398 e. The van der Waals surface area contributed by atoms with Crippen molar-refractivity contribution in [2.45, 2.75) is 13.8 Å². The van der Waals surface area contributed by atoms with Crippen LogP contribution in [0.2, 0.25) is 0 Å². The highest BCUT2D eigenvalue weighted by Crippen LogP contribution is 2.27. The summed E-state index contributed by atoms with van der Waals surface area (Å²) in [6, 6.07) is 1.74. The van der Waals surface area contributed by atoms with Crippen molar-refractivity contribution in [3.63, 3.8) is 0 Å². The number of rotatable bonds is 0. The van der Waals surface area contributed by atoms with E-state index in [0.29, 0.717) is 17.1 Å². The van der Waals surface area contributed by atoms with E-state index in [0.717, 1.165) is 11.1 Å². The van der Waals surface area contributed by atoms with Gasteiger partial charge in [0.25, 0.3) is 0 Å². The first-order valence-corrected chi connectivity index (χ1v) is 3.44. The zero-order chi connectivity index (χ0) is 8.59. The zero-order valence-electron chi connectivity index (χ0n) is 6.81. The molecule has 0 aliphatic carbocycles. The third kappa shape index (κ3) is 1.09. The van der Waals surface area contributed by atoms with Gasteiger partial charge in [-0.05, 0) is 31.0 Å². The molecule has 1 aromatic carbocycles. The van der Waals surface area contributed by atoms with E-state index in [4.69, 9.17) is 17.2 Å². The Kier molecular flexibility index (Phi) is 1.64. The van der Waals surface area contributed by atoms with Gasteiger partial charge in [0.15, 0.2) is 0 Å². The number of anilines is 3. The maximum Gasteiger partial charge on any atom is 0.0414 e. The van der Waals surface area contributed by atoms with E-state index in [1.807, 2.05) is 13.8 Å². The summed E-state index contributed by atoms with van der Waals surface area (Å²) in [5, 5.41) is 0. The van der Waals surface area contributed by atoms with Crippen LogP contribution in [0.5, 0.6) is 0 Å². The molecular formula is C8H13N3. The van der Waals surface area contributed by atoms with Crippen LogP contribution in [-0.4, -0.2) is 0 Å². The zero-order valence-corrected chi connectivity index (χ0v) is 6.81. The molecule has 1 aromatic rings. The molecule has 0 heterocycles. The van der Waals surface area contributed by atoms with Crippen LogP contribution >= 0.6 is 0 Å². The number of nitrogens with two attached hydrogens (primary N) is 3. The Morgan fingerprint density at radius 1 is 0.909 bits per heavy atom. The molecule has 11 heavy (non-hydrogen) atoms. The van der Waals surface area contributed by atoms with E-state index < -0.39 is 0 Å². The number of hydrogen-bond acceptors (Lipinski definition) is 3. The Labute approximate surface area is 66.2 Å². The molecule has 0 atom stereocenters. The fourth-order valence-corrected chi connectivity index (χ4v) is 0.976. The number of hydrogen-bond donors (Lipinski definition) is 3. The Hall–Kier alpha value is -1.38. The molecule has 6 N–H and O–H groups in total. The smallest absolute Gasteiger partial charge is 0.0414 e. The van der Waals surface area contributed by atoms with Crippen LogP contribution in [0, 0.1) is 13.8 Å². The average molecular weight is 151 g/mol. The van der Waals surface area contributed by atoms with Gasteiger partial charge in [0, 0.05) is 17.1 Å². The summed E-state index contributed by atoms with van der Waals surface area (Å²) in [6.07, 6.45) is 0. The minimum absolute atomic E-state index is 0.658. The van der Waals surface area contributed by atoms with E-state index in [2.05, 4.69) is 0 Å². The molecule has 0 saturated carbocycles. The first-order valence-electron chi connectivity index (χ1n) is 3.44. The van der Waals surface area contributed by atoms with E-state index >= 15 is 0 Å². The normalized spacial score (nSPS) is 10.0. The predicted molar refractivity (Wildman–Crippen MR) is 49.2 cm³/mol. The lowest BCUT2D eigenvalue weighted by Crippen LogP contribution is -2.02. The Morgan fingerprint density at radius 2 is 1.27 bits per heavy atom.